The minimum Gasteiger partial charge on any atom is -0.355 e. The lowest BCUT2D eigenvalue weighted by Crippen LogP contribution is -2.44. The number of guanidine groups is 1. The molecule has 7 nitrogen and oxygen atoms in total. The second kappa shape index (κ2) is 11.2. The van der Waals surface area contributed by atoms with Gasteiger partial charge >= 0.3 is 0 Å². The number of nitrogens with one attached hydrogen (secondary N) is 2. The van der Waals surface area contributed by atoms with Crippen LogP contribution in [-0.4, -0.2) is 70.4 Å². The third-order valence-corrected chi connectivity index (χ3v) is 6.63. The van der Waals surface area contributed by atoms with Gasteiger partial charge in [-0.1, -0.05) is 19.1 Å². The monoisotopic (exact) mass is 509 g/mol. The number of hydrogen-bond acceptors (Lipinski definition) is 4. The molecule has 154 valence electrons. The summed E-state index contributed by atoms with van der Waals surface area (Å²) in [6.45, 7) is 5.93. The molecule has 2 N–H and O–H groups in total. The van der Waals surface area contributed by atoms with Crippen molar-refractivity contribution >= 4 is 40.0 Å². The molecule has 0 radical (unpaired) electrons. The Morgan fingerprint density at radius 1 is 1.26 bits per heavy atom. The van der Waals surface area contributed by atoms with Crippen LogP contribution >= 0.6 is 24.0 Å². The van der Waals surface area contributed by atoms with E-state index in [9.17, 15) is 8.42 Å². The van der Waals surface area contributed by atoms with Gasteiger partial charge in [0, 0.05) is 40.3 Å². The summed E-state index contributed by atoms with van der Waals surface area (Å²) in [6.07, 6.45) is 2.48. The lowest BCUT2D eigenvalue weighted by atomic mass is 10.2. The molecule has 0 amide bonds. The van der Waals surface area contributed by atoms with Crippen molar-refractivity contribution in [2.45, 2.75) is 37.2 Å². The largest absolute Gasteiger partial charge is 0.355 e. The Labute approximate surface area is 180 Å². The summed E-state index contributed by atoms with van der Waals surface area (Å²) in [6, 6.07) is 7.49. The predicted octanol–water partition coefficient (Wildman–Crippen LogP) is 1.70. The van der Waals surface area contributed by atoms with E-state index in [4.69, 9.17) is 0 Å². The molecular weight excluding hydrogens is 477 g/mol. The van der Waals surface area contributed by atoms with Crippen molar-refractivity contribution in [3.8, 4) is 0 Å². The van der Waals surface area contributed by atoms with E-state index in [0.29, 0.717) is 17.5 Å². The van der Waals surface area contributed by atoms with Crippen LogP contribution < -0.4 is 10.6 Å². The molecule has 0 spiro atoms. The number of aliphatic imine (C=N–C) groups is 1. The summed E-state index contributed by atoms with van der Waals surface area (Å²) in [5.74, 6) is 0.762. The Balaban J connectivity index is 0.00000364. The molecule has 27 heavy (non-hydrogen) atoms. The van der Waals surface area contributed by atoms with Gasteiger partial charge in [0.05, 0.1) is 4.90 Å². The van der Waals surface area contributed by atoms with Crippen molar-refractivity contribution < 1.29 is 8.42 Å². The van der Waals surface area contributed by atoms with Crippen LogP contribution in [0.15, 0.2) is 34.2 Å². The summed E-state index contributed by atoms with van der Waals surface area (Å²) >= 11 is 0. The molecule has 0 saturated carbocycles. The van der Waals surface area contributed by atoms with Gasteiger partial charge in [0.25, 0.3) is 0 Å². The van der Waals surface area contributed by atoms with Crippen LogP contribution in [0.1, 0.15) is 25.3 Å². The standard InChI is InChI=1S/C18H31N5O2S.HI/c1-5-23-12-6-7-16(23)14-21-18(19-2)20-13-15-8-10-17(11-9-15)26(24,25)22(3)4;/h8-11,16H,5-7,12-14H2,1-4H3,(H2,19,20,21);1H. The molecule has 1 fully saturated rings. The average molecular weight is 509 g/mol. The Morgan fingerprint density at radius 2 is 1.93 bits per heavy atom. The van der Waals surface area contributed by atoms with Gasteiger partial charge < -0.3 is 10.6 Å². The SMILES string of the molecule is CCN1CCCC1CNC(=NC)NCc1ccc(S(=O)(=O)N(C)C)cc1.I. The topological polar surface area (TPSA) is 77.0 Å². The molecule has 1 heterocycles. The van der Waals surface area contributed by atoms with Gasteiger partial charge in [-0.25, -0.2) is 12.7 Å². The van der Waals surface area contributed by atoms with Crippen LogP contribution in [0, 0.1) is 0 Å². The Hall–Kier alpha value is -0.910. The Morgan fingerprint density at radius 3 is 2.48 bits per heavy atom. The van der Waals surface area contributed by atoms with E-state index < -0.39 is 10.0 Å². The van der Waals surface area contributed by atoms with Crippen LogP contribution in [0.5, 0.6) is 0 Å². The maximum absolute atomic E-state index is 12.1. The highest BCUT2D eigenvalue weighted by Gasteiger charge is 2.22. The lowest BCUT2D eigenvalue weighted by molar-refractivity contribution is 0.267. The first kappa shape index (κ1) is 24.1. The van der Waals surface area contributed by atoms with E-state index in [0.717, 1.165) is 24.6 Å². The fourth-order valence-corrected chi connectivity index (χ4v) is 4.06. The highest BCUT2D eigenvalue weighted by Crippen LogP contribution is 2.16. The van der Waals surface area contributed by atoms with Crippen molar-refractivity contribution in [3.63, 3.8) is 0 Å². The maximum Gasteiger partial charge on any atom is 0.242 e. The van der Waals surface area contributed by atoms with E-state index >= 15 is 0 Å². The van der Waals surface area contributed by atoms with Gasteiger partial charge in [-0.15, -0.1) is 24.0 Å². The molecule has 1 aliphatic heterocycles. The second-order valence-electron chi connectivity index (χ2n) is 6.66. The number of rotatable bonds is 7. The molecule has 0 aromatic heterocycles. The van der Waals surface area contributed by atoms with E-state index in [1.54, 1.807) is 19.2 Å². The molecule has 1 aliphatic rings. The number of benzene rings is 1. The Kier molecular flexibility index (Phi) is 9.99. The zero-order chi connectivity index (χ0) is 19.2. The van der Waals surface area contributed by atoms with Gasteiger partial charge in [-0.05, 0) is 43.6 Å². The summed E-state index contributed by atoms with van der Waals surface area (Å²) < 4.78 is 25.4. The van der Waals surface area contributed by atoms with Gasteiger partial charge in [0.2, 0.25) is 10.0 Å². The van der Waals surface area contributed by atoms with E-state index in [1.165, 1.54) is 37.8 Å². The molecule has 9 heteroatoms. The van der Waals surface area contributed by atoms with Crippen LogP contribution in [0.25, 0.3) is 0 Å². The quantitative estimate of drug-likeness (QED) is 0.333. The first-order valence-corrected chi connectivity index (χ1v) is 10.5. The normalized spacial score (nSPS) is 18.4. The summed E-state index contributed by atoms with van der Waals surface area (Å²) in [4.78, 5) is 7.06. The first-order chi connectivity index (χ1) is 12.4. The van der Waals surface area contributed by atoms with Crippen molar-refractivity contribution in [1.82, 2.24) is 19.8 Å². The summed E-state index contributed by atoms with van der Waals surface area (Å²) in [5.41, 5.74) is 1.00. The minimum absolute atomic E-state index is 0. The van der Waals surface area contributed by atoms with E-state index in [2.05, 4.69) is 27.4 Å². The molecule has 1 unspecified atom stereocenters. The van der Waals surface area contributed by atoms with Crippen LogP contribution in [-0.2, 0) is 16.6 Å². The smallest absolute Gasteiger partial charge is 0.242 e. The van der Waals surface area contributed by atoms with Crippen LogP contribution in [0.3, 0.4) is 0 Å². The van der Waals surface area contributed by atoms with Crippen molar-refractivity contribution in [1.29, 1.82) is 0 Å². The predicted molar refractivity (Wildman–Crippen MR) is 121 cm³/mol. The highest BCUT2D eigenvalue weighted by atomic mass is 127. The number of likely N-dealkylation sites (tertiary alicyclic amines) is 1. The molecule has 1 aromatic carbocycles. The summed E-state index contributed by atoms with van der Waals surface area (Å²) in [7, 11) is 1.44. The molecule has 1 atom stereocenters. The molecular formula is C18H32IN5O2S. The third-order valence-electron chi connectivity index (χ3n) is 4.80. The molecule has 0 bridgehead atoms. The first-order valence-electron chi connectivity index (χ1n) is 9.08. The summed E-state index contributed by atoms with van der Waals surface area (Å²) in [5, 5.41) is 6.68. The average Bonchev–Trinajstić information content (AvgIpc) is 3.09. The van der Waals surface area contributed by atoms with Crippen LogP contribution in [0.2, 0.25) is 0 Å². The molecule has 1 saturated heterocycles. The van der Waals surface area contributed by atoms with Gasteiger partial charge in [0.1, 0.15) is 0 Å². The Bertz CT molecular complexity index is 707. The van der Waals surface area contributed by atoms with Crippen molar-refractivity contribution in [2.24, 2.45) is 4.99 Å². The number of nitrogens with zero attached hydrogens (tertiary/aromatic N) is 3. The second-order valence-corrected chi connectivity index (χ2v) is 8.81. The van der Waals surface area contributed by atoms with Crippen molar-refractivity contribution in [3.05, 3.63) is 29.8 Å². The zero-order valence-electron chi connectivity index (χ0n) is 16.6. The fourth-order valence-electron chi connectivity index (χ4n) is 3.15. The number of likely N-dealkylation sites (N-methyl/N-ethyl adjacent to an activating group) is 1. The zero-order valence-corrected chi connectivity index (χ0v) is 19.8. The van der Waals surface area contributed by atoms with E-state index in [-0.39, 0.29) is 24.0 Å². The number of sulfonamides is 1. The fraction of sp³-hybridized carbons (Fsp3) is 0.611. The minimum atomic E-state index is -3.38. The van der Waals surface area contributed by atoms with Gasteiger partial charge in [-0.3, -0.25) is 9.89 Å². The van der Waals surface area contributed by atoms with Gasteiger partial charge in [0.15, 0.2) is 5.96 Å². The van der Waals surface area contributed by atoms with E-state index in [1.807, 2.05) is 12.1 Å². The molecule has 0 aliphatic carbocycles. The van der Waals surface area contributed by atoms with Gasteiger partial charge in [-0.2, -0.15) is 0 Å². The lowest BCUT2D eigenvalue weighted by Gasteiger charge is -2.24. The van der Waals surface area contributed by atoms with Crippen molar-refractivity contribution in [2.75, 3.05) is 40.8 Å². The molecule has 2 rings (SSSR count). The van der Waals surface area contributed by atoms with Crippen LogP contribution in [0.4, 0.5) is 0 Å². The number of hydrogen-bond donors (Lipinski definition) is 2. The third kappa shape index (κ3) is 6.58. The molecule has 1 aromatic rings. The highest BCUT2D eigenvalue weighted by molar-refractivity contribution is 14.0. The number of halogens is 1. The maximum atomic E-state index is 12.1.